The summed E-state index contributed by atoms with van der Waals surface area (Å²) >= 11 is 1.94. The van der Waals surface area contributed by atoms with Gasteiger partial charge in [0, 0.05) is 37.4 Å². The molecule has 0 unspecified atom stereocenters. The van der Waals surface area contributed by atoms with Gasteiger partial charge >= 0.3 is 0 Å². The number of hydrogen-bond acceptors (Lipinski definition) is 3. The quantitative estimate of drug-likeness (QED) is 0.748. The van der Waals surface area contributed by atoms with Gasteiger partial charge in [-0.15, -0.1) is 11.8 Å². The normalized spacial score (nSPS) is 22.2. The molecule has 1 saturated carbocycles. The molecule has 0 atom stereocenters. The molecule has 1 aromatic carbocycles. The molecule has 2 aliphatic heterocycles. The Morgan fingerprint density at radius 3 is 2.43 bits per heavy atom. The third kappa shape index (κ3) is 4.10. The number of aryl methyl sites for hydroxylation is 1. The van der Waals surface area contributed by atoms with Crippen LogP contribution < -0.4 is 0 Å². The second-order valence-corrected chi connectivity index (χ2v) is 10.1. The minimum Gasteiger partial charge on any atom is -0.338 e. The molecule has 152 valence electrons. The standard InChI is InChI=1S/C23H32N2O2S/c1-18-6-9-20(10-7-18)22(27)24-14-12-23(13-15-24)25(16-17-28-23)21(26)11-8-19-4-2-3-5-19/h6-7,9-10,19H,2-5,8,11-17H2,1H3. The second-order valence-electron chi connectivity index (χ2n) is 8.69. The highest BCUT2D eigenvalue weighted by atomic mass is 32.2. The van der Waals surface area contributed by atoms with Crippen LogP contribution in [-0.4, -0.2) is 51.9 Å². The molecular weight excluding hydrogens is 368 g/mol. The molecule has 2 saturated heterocycles. The van der Waals surface area contributed by atoms with Gasteiger partial charge in [0.15, 0.2) is 0 Å². The minimum absolute atomic E-state index is 0.0726. The molecule has 4 rings (SSSR count). The first-order valence-electron chi connectivity index (χ1n) is 10.9. The fourth-order valence-electron chi connectivity index (χ4n) is 5.07. The van der Waals surface area contributed by atoms with E-state index < -0.39 is 0 Å². The van der Waals surface area contributed by atoms with Gasteiger partial charge in [0.05, 0.1) is 4.87 Å². The lowest BCUT2D eigenvalue weighted by Crippen LogP contribution is -2.53. The van der Waals surface area contributed by atoms with Gasteiger partial charge in [-0.3, -0.25) is 9.59 Å². The first kappa shape index (κ1) is 19.8. The monoisotopic (exact) mass is 400 g/mol. The van der Waals surface area contributed by atoms with Crippen molar-refractivity contribution in [2.75, 3.05) is 25.4 Å². The summed E-state index contributed by atoms with van der Waals surface area (Å²) in [5.41, 5.74) is 1.94. The molecule has 5 heteroatoms. The van der Waals surface area contributed by atoms with Crippen molar-refractivity contribution in [3.05, 3.63) is 35.4 Å². The van der Waals surface area contributed by atoms with Crippen LogP contribution in [0.15, 0.2) is 24.3 Å². The lowest BCUT2D eigenvalue weighted by Gasteiger charge is -2.44. The van der Waals surface area contributed by atoms with Crippen molar-refractivity contribution in [1.29, 1.82) is 0 Å². The molecule has 2 amide bonds. The number of likely N-dealkylation sites (tertiary alicyclic amines) is 1. The Morgan fingerprint density at radius 1 is 1.07 bits per heavy atom. The van der Waals surface area contributed by atoms with Crippen LogP contribution in [0, 0.1) is 12.8 Å². The summed E-state index contributed by atoms with van der Waals surface area (Å²) in [6.45, 7) is 4.40. The lowest BCUT2D eigenvalue weighted by molar-refractivity contribution is -0.135. The molecule has 28 heavy (non-hydrogen) atoms. The van der Waals surface area contributed by atoms with Crippen molar-refractivity contribution in [3.8, 4) is 0 Å². The van der Waals surface area contributed by atoms with Crippen LogP contribution in [0.25, 0.3) is 0 Å². The van der Waals surface area contributed by atoms with Crippen LogP contribution in [0.2, 0.25) is 0 Å². The maximum Gasteiger partial charge on any atom is 0.253 e. The smallest absolute Gasteiger partial charge is 0.253 e. The van der Waals surface area contributed by atoms with Crippen LogP contribution in [0.4, 0.5) is 0 Å². The number of benzene rings is 1. The predicted molar refractivity (Wildman–Crippen MR) is 114 cm³/mol. The van der Waals surface area contributed by atoms with Gasteiger partial charge in [-0.1, -0.05) is 43.4 Å². The summed E-state index contributed by atoms with van der Waals surface area (Å²) in [6.07, 6.45) is 8.86. The van der Waals surface area contributed by atoms with Gasteiger partial charge in [-0.2, -0.15) is 0 Å². The Hall–Kier alpha value is -1.49. The molecule has 0 aromatic heterocycles. The molecule has 3 aliphatic rings. The number of hydrogen-bond donors (Lipinski definition) is 0. The highest BCUT2D eigenvalue weighted by molar-refractivity contribution is 8.00. The summed E-state index contributed by atoms with van der Waals surface area (Å²) in [6, 6.07) is 7.84. The van der Waals surface area contributed by atoms with E-state index in [4.69, 9.17) is 0 Å². The van der Waals surface area contributed by atoms with Crippen molar-refractivity contribution in [3.63, 3.8) is 0 Å². The third-order valence-corrected chi connectivity index (χ3v) is 8.40. The molecule has 4 nitrogen and oxygen atoms in total. The van der Waals surface area contributed by atoms with E-state index >= 15 is 0 Å². The molecule has 2 heterocycles. The van der Waals surface area contributed by atoms with E-state index in [-0.39, 0.29) is 10.8 Å². The van der Waals surface area contributed by atoms with Gasteiger partial charge in [-0.05, 0) is 44.2 Å². The minimum atomic E-state index is -0.0726. The van der Waals surface area contributed by atoms with Crippen LogP contribution >= 0.6 is 11.8 Å². The van der Waals surface area contributed by atoms with Crippen LogP contribution in [0.5, 0.6) is 0 Å². The molecular formula is C23H32N2O2S. The fourth-order valence-corrected chi connectivity index (χ4v) is 6.55. The Labute approximate surface area is 173 Å². The number of carbonyl (C=O) groups is 2. The van der Waals surface area contributed by atoms with Crippen molar-refractivity contribution < 1.29 is 9.59 Å². The topological polar surface area (TPSA) is 40.6 Å². The molecule has 1 spiro atoms. The highest BCUT2D eigenvalue weighted by Gasteiger charge is 2.46. The number of carbonyl (C=O) groups excluding carboxylic acids is 2. The van der Waals surface area contributed by atoms with E-state index in [0.717, 1.165) is 56.1 Å². The predicted octanol–water partition coefficient (Wildman–Crippen LogP) is 4.47. The van der Waals surface area contributed by atoms with E-state index in [9.17, 15) is 9.59 Å². The Morgan fingerprint density at radius 2 is 1.75 bits per heavy atom. The van der Waals surface area contributed by atoms with Gasteiger partial charge in [-0.25, -0.2) is 0 Å². The SMILES string of the molecule is Cc1ccc(C(=O)N2CCC3(CC2)SCCN3C(=O)CCC2CCCC2)cc1. The Balaban J connectivity index is 1.34. The zero-order valence-electron chi connectivity index (χ0n) is 17.0. The maximum atomic E-state index is 13.0. The molecule has 3 fully saturated rings. The van der Waals surface area contributed by atoms with Crippen molar-refractivity contribution in [1.82, 2.24) is 9.80 Å². The number of thioether (sulfide) groups is 1. The average Bonchev–Trinajstić information content (AvgIpc) is 3.37. The number of piperidine rings is 1. The summed E-state index contributed by atoms with van der Waals surface area (Å²) in [5.74, 6) is 2.26. The number of rotatable bonds is 4. The fraction of sp³-hybridized carbons (Fsp3) is 0.652. The van der Waals surface area contributed by atoms with Gasteiger partial charge < -0.3 is 9.80 Å². The summed E-state index contributed by atoms with van der Waals surface area (Å²) in [7, 11) is 0. The Kier molecular flexibility index (Phi) is 6.00. The van der Waals surface area contributed by atoms with Gasteiger partial charge in [0.2, 0.25) is 5.91 Å². The zero-order chi connectivity index (χ0) is 19.6. The maximum absolute atomic E-state index is 13.0. The molecule has 1 aromatic rings. The van der Waals surface area contributed by atoms with E-state index in [0.29, 0.717) is 12.3 Å². The Bertz CT molecular complexity index is 704. The number of amides is 2. The summed E-state index contributed by atoms with van der Waals surface area (Å²) in [4.78, 5) is 29.9. The van der Waals surface area contributed by atoms with Gasteiger partial charge in [0.25, 0.3) is 5.91 Å². The van der Waals surface area contributed by atoms with E-state index in [1.165, 1.54) is 31.2 Å². The van der Waals surface area contributed by atoms with Crippen molar-refractivity contribution >= 4 is 23.6 Å². The summed E-state index contributed by atoms with van der Waals surface area (Å²) in [5, 5.41) is 0. The summed E-state index contributed by atoms with van der Waals surface area (Å²) < 4.78 is 0. The molecule has 0 radical (unpaired) electrons. The first-order valence-corrected chi connectivity index (χ1v) is 11.9. The van der Waals surface area contributed by atoms with E-state index in [2.05, 4.69) is 4.90 Å². The highest BCUT2D eigenvalue weighted by Crippen LogP contribution is 2.44. The van der Waals surface area contributed by atoms with E-state index in [1.54, 1.807) is 0 Å². The second kappa shape index (κ2) is 8.48. The van der Waals surface area contributed by atoms with Crippen molar-refractivity contribution in [2.24, 2.45) is 5.92 Å². The largest absolute Gasteiger partial charge is 0.338 e. The molecule has 1 aliphatic carbocycles. The van der Waals surface area contributed by atoms with Crippen molar-refractivity contribution in [2.45, 2.75) is 63.2 Å². The first-order chi connectivity index (χ1) is 13.6. The molecule has 0 N–H and O–H groups in total. The third-order valence-electron chi connectivity index (χ3n) is 6.85. The van der Waals surface area contributed by atoms with E-state index in [1.807, 2.05) is 47.9 Å². The molecule has 0 bridgehead atoms. The van der Waals surface area contributed by atoms with Crippen LogP contribution in [0.1, 0.15) is 67.3 Å². The van der Waals surface area contributed by atoms with Gasteiger partial charge in [0.1, 0.15) is 0 Å². The van der Waals surface area contributed by atoms with Crippen LogP contribution in [-0.2, 0) is 4.79 Å². The number of nitrogens with zero attached hydrogens (tertiary/aromatic N) is 2. The van der Waals surface area contributed by atoms with Crippen LogP contribution in [0.3, 0.4) is 0 Å². The average molecular weight is 401 g/mol. The lowest BCUT2D eigenvalue weighted by atomic mass is 9.98. The zero-order valence-corrected chi connectivity index (χ0v) is 17.8.